The normalized spacial score (nSPS) is 12.1. The van der Waals surface area contributed by atoms with Gasteiger partial charge < -0.3 is 14.6 Å². The number of para-hydroxylation sites is 1. The molecule has 7 nitrogen and oxygen atoms in total. The first-order chi connectivity index (χ1) is 15.4. The zero-order chi connectivity index (χ0) is 22.7. The Morgan fingerprint density at radius 2 is 2.09 bits per heavy atom. The van der Waals surface area contributed by atoms with Crippen LogP contribution in [0.3, 0.4) is 0 Å². The largest absolute Gasteiger partial charge is 0.482 e. The van der Waals surface area contributed by atoms with Gasteiger partial charge in [-0.2, -0.15) is 0 Å². The molecule has 4 rings (SSSR count). The van der Waals surface area contributed by atoms with Gasteiger partial charge in [0.1, 0.15) is 5.75 Å². The average molecular weight is 488 g/mol. The first kappa shape index (κ1) is 22.6. The average Bonchev–Trinajstić information content (AvgIpc) is 3.37. The molecule has 0 radical (unpaired) electrons. The van der Waals surface area contributed by atoms with Crippen LogP contribution in [0.4, 0.5) is 5.13 Å². The molecule has 10 heteroatoms. The molecule has 1 N–H and O–H groups in total. The molecule has 1 amide bonds. The smallest absolute Gasteiger partial charge is 0.236 e. The number of hydrogen-bond donors (Lipinski definition) is 1. The third-order valence-electron chi connectivity index (χ3n) is 4.74. The summed E-state index contributed by atoms with van der Waals surface area (Å²) in [5.74, 6) is 1.52. The SMILES string of the molecule is CCn1c(SCC(=O)Nc2nc3ccccc3s2)nnc1C(C)Oc1ccc(Cl)cc1C. The van der Waals surface area contributed by atoms with Gasteiger partial charge in [-0.05, 0) is 56.7 Å². The molecule has 0 fully saturated rings. The molecule has 4 aromatic rings. The Kier molecular flexibility index (Phi) is 6.98. The topological polar surface area (TPSA) is 81.9 Å². The van der Waals surface area contributed by atoms with Crippen molar-refractivity contribution < 1.29 is 9.53 Å². The maximum Gasteiger partial charge on any atom is 0.236 e. The van der Waals surface area contributed by atoms with Crippen molar-refractivity contribution in [2.45, 2.75) is 38.6 Å². The summed E-state index contributed by atoms with van der Waals surface area (Å²) < 4.78 is 9.10. The first-order valence-electron chi connectivity index (χ1n) is 10.1. The van der Waals surface area contributed by atoms with Gasteiger partial charge in [-0.15, -0.1) is 10.2 Å². The minimum absolute atomic E-state index is 0.137. The molecule has 0 aliphatic heterocycles. The number of ether oxygens (including phenoxy) is 1. The Bertz CT molecular complexity index is 1220. The molecular weight excluding hydrogens is 466 g/mol. The lowest BCUT2D eigenvalue weighted by molar-refractivity contribution is -0.113. The van der Waals surface area contributed by atoms with E-state index in [1.807, 2.05) is 61.7 Å². The predicted molar refractivity (Wildman–Crippen MR) is 130 cm³/mol. The first-order valence-corrected chi connectivity index (χ1v) is 12.3. The molecule has 0 saturated carbocycles. The van der Waals surface area contributed by atoms with Gasteiger partial charge in [0.05, 0.1) is 16.0 Å². The number of carbonyl (C=O) groups excluding carboxylic acids is 1. The zero-order valence-electron chi connectivity index (χ0n) is 17.8. The number of benzene rings is 2. The number of anilines is 1. The number of amides is 1. The Balaban J connectivity index is 1.40. The van der Waals surface area contributed by atoms with Gasteiger partial charge in [0.25, 0.3) is 0 Å². The van der Waals surface area contributed by atoms with Gasteiger partial charge in [0.15, 0.2) is 22.2 Å². The molecular formula is C22H22ClN5O2S2. The molecule has 0 aliphatic rings. The van der Waals surface area contributed by atoms with Crippen molar-refractivity contribution >= 4 is 56.0 Å². The molecule has 0 aliphatic carbocycles. The summed E-state index contributed by atoms with van der Waals surface area (Å²) in [6, 6.07) is 13.3. The van der Waals surface area contributed by atoms with E-state index in [1.165, 1.54) is 23.1 Å². The Hall–Kier alpha value is -2.62. The fourth-order valence-corrected chi connectivity index (χ4v) is 5.12. The van der Waals surface area contributed by atoms with Crippen molar-refractivity contribution in [1.29, 1.82) is 0 Å². The van der Waals surface area contributed by atoms with Crippen LogP contribution in [0, 0.1) is 6.92 Å². The number of nitrogens with one attached hydrogen (secondary N) is 1. The van der Waals surface area contributed by atoms with Crippen LogP contribution in [0.25, 0.3) is 10.2 Å². The fraction of sp³-hybridized carbons (Fsp3) is 0.273. The number of fused-ring (bicyclic) bond motifs is 1. The van der Waals surface area contributed by atoms with E-state index in [2.05, 4.69) is 20.5 Å². The minimum Gasteiger partial charge on any atom is -0.482 e. The number of halogens is 1. The lowest BCUT2D eigenvalue weighted by atomic mass is 10.2. The van der Waals surface area contributed by atoms with E-state index >= 15 is 0 Å². The highest BCUT2D eigenvalue weighted by Crippen LogP contribution is 2.29. The van der Waals surface area contributed by atoms with E-state index in [4.69, 9.17) is 16.3 Å². The number of thioether (sulfide) groups is 1. The highest BCUT2D eigenvalue weighted by molar-refractivity contribution is 7.99. The predicted octanol–water partition coefficient (Wildman–Crippen LogP) is 5.74. The number of thiazole rings is 1. The summed E-state index contributed by atoms with van der Waals surface area (Å²) in [6.45, 7) is 6.55. The van der Waals surface area contributed by atoms with Crippen molar-refractivity contribution in [3.63, 3.8) is 0 Å². The number of rotatable bonds is 8. The lowest BCUT2D eigenvalue weighted by Gasteiger charge is -2.17. The summed E-state index contributed by atoms with van der Waals surface area (Å²) in [7, 11) is 0. The number of aromatic nitrogens is 4. The Labute approximate surface area is 199 Å². The molecule has 2 aromatic heterocycles. The van der Waals surface area contributed by atoms with Crippen molar-refractivity contribution in [3.8, 4) is 5.75 Å². The van der Waals surface area contributed by atoms with Crippen molar-refractivity contribution in [2.75, 3.05) is 11.1 Å². The van der Waals surface area contributed by atoms with Gasteiger partial charge in [-0.25, -0.2) is 4.98 Å². The third-order valence-corrected chi connectivity index (χ3v) is 6.89. The highest BCUT2D eigenvalue weighted by Gasteiger charge is 2.20. The minimum atomic E-state index is -0.312. The van der Waals surface area contributed by atoms with E-state index < -0.39 is 0 Å². The number of nitrogens with zero attached hydrogens (tertiary/aromatic N) is 4. The van der Waals surface area contributed by atoms with E-state index in [1.54, 1.807) is 6.07 Å². The molecule has 166 valence electrons. The molecule has 0 saturated heterocycles. The van der Waals surface area contributed by atoms with Crippen LogP contribution in [-0.4, -0.2) is 31.4 Å². The van der Waals surface area contributed by atoms with Crippen molar-refractivity contribution in [3.05, 3.63) is 58.9 Å². The maximum absolute atomic E-state index is 12.5. The van der Waals surface area contributed by atoms with E-state index in [-0.39, 0.29) is 17.8 Å². The quantitative estimate of drug-likeness (QED) is 0.319. The molecule has 2 aromatic carbocycles. The van der Waals surface area contributed by atoms with E-state index in [0.717, 1.165) is 21.5 Å². The Morgan fingerprint density at radius 1 is 1.28 bits per heavy atom. The second-order valence-electron chi connectivity index (χ2n) is 7.08. The van der Waals surface area contributed by atoms with Gasteiger partial charge in [0, 0.05) is 11.6 Å². The van der Waals surface area contributed by atoms with Gasteiger partial charge >= 0.3 is 0 Å². The summed E-state index contributed by atoms with van der Waals surface area (Å²) >= 11 is 8.82. The maximum atomic E-state index is 12.5. The van der Waals surface area contributed by atoms with Crippen LogP contribution < -0.4 is 10.1 Å². The highest BCUT2D eigenvalue weighted by atomic mass is 35.5. The van der Waals surface area contributed by atoms with Gasteiger partial charge in [0.2, 0.25) is 5.91 Å². The second-order valence-corrected chi connectivity index (χ2v) is 9.49. The summed E-state index contributed by atoms with van der Waals surface area (Å²) in [4.78, 5) is 16.9. The van der Waals surface area contributed by atoms with E-state index in [0.29, 0.717) is 27.7 Å². The second kappa shape index (κ2) is 9.89. The summed E-state index contributed by atoms with van der Waals surface area (Å²) in [5, 5.41) is 13.4. The molecule has 1 unspecified atom stereocenters. The van der Waals surface area contributed by atoms with Crippen LogP contribution in [-0.2, 0) is 11.3 Å². The van der Waals surface area contributed by atoms with Crippen LogP contribution >= 0.6 is 34.7 Å². The van der Waals surface area contributed by atoms with Crippen LogP contribution in [0.5, 0.6) is 5.75 Å². The standard InChI is InChI=1S/C22H22ClN5O2S2/c1-4-28-20(14(3)30-17-10-9-15(23)11-13(17)2)26-27-22(28)31-12-19(29)25-21-24-16-7-5-6-8-18(16)32-21/h5-11,14H,4,12H2,1-3H3,(H,24,25,29). The Morgan fingerprint density at radius 3 is 2.84 bits per heavy atom. The van der Waals surface area contributed by atoms with Gasteiger partial charge in [-0.1, -0.05) is 46.8 Å². The van der Waals surface area contributed by atoms with E-state index in [9.17, 15) is 4.79 Å². The van der Waals surface area contributed by atoms with Crippen molar-refractivity contribution in [1.82, 2.24) is 19.7 Å². The molecule has 0 bridgehead atoms. The number of aryl methyl sites for hydroxylation is 1. The molecule has 2 heterocycles. The molecule has 32 heavy (non-hydrogen) atoms. The summed E-state index contributed by atoms with van der Waals surface area (Å²) in [6.07, 6.45) is -0.312. The summed E-state index contributed by atoms with van der Waals surface area (Å²) in [5.41, 5.74) is 1.83. The van der Waals surface area contributed by atoms with Crippen molar-refractivity contribution in [2.24, 2.45) is 0 Å². The number of hydrogen-bond acceptors (Lipinski definition) is 7. The van der Waals surface area contributed by atoms with Crippen LogP contribution in [0.2, 0.25) is 5.02 Å². The third kappa shape index (κ3) is 5.06. The zero-order valence-corrected chi connectivity index (χ0v) is 20.2. The van der Waals surface area contributed by atoms with Crippen LogP contribution in [0.15, 0.2) is 47.6 Å². The molecule has 1 atom stereocenters. The number of carbonyl (C=O) groups is 1. The molecule has 0 spiro atoms. The van der Waals surface area contributed by atoms with Gasteiger partial charge in [-0.3, -0.25) is 4.79 Å². The monoisotopic (exact) mass is 487 g/mol. The van der Waals surface area contributed by atoms with Crippen LogP contribution in [0.1, 0.15) is 31.3 Å². The fourth-order valence-electron chi connectivity index (χ4n) is 3.20. The lowest BCUT2D eigenvalue weighted by Crippen LogP contribution is -2.15.